The van der Waals surface area contributed by atoms with Gasteiger partial charge in [0, 0.05) is 25.4 Å². The molecular formula is C20H24N6O4. The minimum Gasteiger partial charge on any atom is -0.354 e. The van der Waals surface area contributed by atoms with Gasteiger partial charge in [-0.05, 0) is 39.8 Å². The molecule has 0 unspecified atom stereocenters. The van der Waals surface area contributed by atoms with Crippen molar-refractivity contribution in [1.29, 1.82) is 0 Å². The summed E-state index contributed by atoms with van der Waals surface area (Å²) < 4.78 is 7.39. The van der Waals surface area contributed by atoms with E-state index in [0.29, 0.717) is 5.69 Å². The number of carbonyl (C=O) groups excluding carboxylic acids is 1. The Bertz CT molecular complexity index is 1160. The lowest BCUT2D eigenvalue weighted by atomic mass is 10.2. The number of rotatable bonds is 7. The highest BCUT2D eigenvalue weighted by Gasteiger charge is 2.20. The van der Waals surface area contributed by atoms with E-state index in [0.717, 1.165) is 14.8 Å². The van der Waals surface area contributed by atoms with Crippen LogP contribution in [0.1, 0.15) is 38.6 Å². The highest BCUT2D eigenvalue weighted by molar-refractivity contribution is 5.76. The fourth-order valence-corrected chi connectivity index (χ4v) is 2.86. The quantitative estimate of drug-likeness (QED) is 0.619. The molecule has 0 saturated heterocycles. The molecule has 10 nitrogen and oxygen atoms in total. The molecule has 0 aliphatic carbocycles. The molecule has 3 aromatic rings. The summed E-state index contributed by atoms with van der Waals surface area (Å²) >= 11 is 0. The van der Waals surface area contributed by atoms with Crippen molar-refractivity contribution >= 4 is 5.91 Å². The first-order valence-corrected chi connectivity index (χ1v) is 9.73. The molecule has 1 amide bonds. The first-order valence-electron chi connectivity index (χ1n) is 9.73. The largest absolute Gasteiger partial charge is 0.354 e. The van der Waals surface area contributed by atoms with Gasteiger partial charge in [0.2, 0.25) is 17.6 Å². The number of carbonyl (C=O) groups is 1. The van der Waals surface area contributed by atoms with E-state index in [-0.39, 0.29) is 48.7 Å². The summed E-state index contributed by atoms with van der Waals surface area (Å²) in [6.07, 6.45) is 0.403. The molecule has 2 aromatic heterocycles. The van der Waals surface area contributed by atoms with E-state index in [9.17, 15) is 14.4 Å². The van der Waals surface area contributed by atoms with Crippen LogP contribution in [0.3, 0.4) is 0 Å². The predicted octanol–water partition coefficient (Wildman–Crippen LogP) is 1.23. The topological polar surface area (TPSA) is 125 Å². The molecule has 10 heteroatoms. The number of nitrogens with zero attached hydrogens (tertiary/aromatic N) is 5. The summed E-state index contributed by atoms with van der Waals surface area (Å²) in [5.74, 6) is 0.0488. The Hall–Kier alpha value is -3.56. The predicted molar refractivity (Wildman–Crippen MR) is 109 cm³/mol. The van der Waals surface area contributed by atoms with Gasteiger partial charge in [0.05, 0.1) is 5.69 Å². The highest BCUT2D eigenvalue weighted by Crippen LogP contribution is 2.11. The molecule has 30 heavy (non-hydrogen) atoms. The fraction of sp³-hybridized carbons (Fsp3) is 0.400. The normalized spacial score (nSPS) is 11.1. The first-order chi connectivity index (χ1) is 14.3. The van der Waals surface area contributed by atoms with E-state index in [4.69, 9.17) is 4.52 Å². The maximum absolute atomic E-state index is 12.8. The van der Waals surface area contributed by atoms with Gasteiger partial charge in [0.15, 0.2) is 5.69 Å². The molecule has 0 radical (unpaired) electrons. The standard InChI is InChI=1S/C20H24N6O4/c1-5-25-19(28)17(23-26(20(25)29)14-8-6-13(4)7-9-14)18-22-16(30-24-18)11-10-15(27)21-12(2)3/h6-9,12H,5,10-11H2,1-4H3,(H,21,27). The van der Waals surface area contributed by atoms with Gasteiger partial charge >= 0.3 is 5.69 Å². The zero-order valence-corrected chi connectivity index (χ0v) is 17.4. The zero-order chi connectivity index (χ0) is 21.8. The van der Waals surface area contributed by atoms with Crippen molar-refractivity contribution in [2.24, 2.45) is 0 Å². The van der Waals surface area contributed by atoms with Crippen LogP contribution in [0.25, 0.3) is 17.2 Å². The van der Waals surface area contributed by atoms with Gasteiger partial charge in [-0.2, -0.15) is 14.8 Å². The van der Waals surface area contributed by atoms with Gasteiger partial charge in [-0.25, -0.2) is 4.79 Å². The Labute approximate surface area is 172 Å². The maximum Gasteiger partial charge on any atom is 0.352 e. The number of hydrogen-bond acceptors (Lipinski definition) is 7. The maximum atomic E-state index is 12.8. The van der Waals surface area contributed by atoms with Gasteiger partial charge in [-0.1, -0.05) is 22.9 Å². The second-order valence-corrected chi connectivity index (χ2v) is 7.16. The molecular weight excluding hydrogens is 388 g/mol. The van der Waals surface area contributed by atoms with Crippen molar-refractivity contribution in [2.45, 2.75) is 53.1 Å². The number of benzene rings is 1. The lowest BCUT2D eigenvalue weighted by Gasteiger charge is -2.09. The Kier molecular flexibility index (Phi) is 6.24. The van der Waals surface area contributed by atoms with E-state index in [2.05, 4.69) is 20.6 Å². The average Bonchev–Trinajstić information content (AvgIpc) is 3.16. The van der Waals surface area contributed by atoms with Crippen LogP contribution >= 0.6 is 0 Å². The second kappa shape index (κ2) is 8.85. The zero-order valence-electron chi connectivity index (χ0n) is 17.4. The summed E-state index contributed by atoms with van der Waals surface area (Å²) in [4.78, 5) is 41.5. The Balaban J connectivity index is 1.96. The SMILES string of the molecule is CCn1c(=O)c(-c2noc(CCC(=O)NC(C)C)n2)nn(-c2ccc(C)cc2)c1=O. The minimum absolute atomic E-state index is 0.0256. The summed E-state index contributed by atoms with van der Waals surface area (Å²) in [6, 6.07) is 7.22. The molecule has 1 aromatic carbocycles. The van der Waals surface area contributed by atoms with E-state index in [1.807, 2.05) is 32.9 Å². The number of hydrogen-bond donors (Lipinski definition) is 1. The highest BCUT2D eigenvalue weighted by atomic mass is 16.5. The molecule has 0 spiro atoms. The Morgan fingerprint density at radius 1 is 1.20 bits per heavy atom. The third kappa shape index (κ3) is 4.53. The fourth-order valence-electron chi connectivity index (χ4n) is 2.86. The monoisotopic (exact) mass is 412 g/mol. The van der Waals surface area contributed by atoms with Crippen LogP contribution in [0.15, 0.2) is 38.4 Å². The van der Waals surface area contributed by atoms with Crippen molar-refractivity contribution < 1.29 is 9.32 Å². The molecule has 0 fully saturated rings. The van der Waals surface area contributed by atoms with Crippen molar-refractivity contribution in [3.05, 3.63) is 56.6 Å². The molecule has 0 aliphatic rings. The number of nitrogens with one attached hydrogen (secondary N) is 1. The molecule has 158 valence electrons. The lowest BCUT2D eigenvalue weighted by molar-refractivity contribution is -0.121. The van der Waals surface area contributed by atoms with Crippen molar-refractivity contribution in [2.75, 3.05) is 0 Å². The molecule has 0 bridgehead atoms. The number of aryl methyl sites for hydroxylation is 2. The third-order valence-corrected chi connectivity index (χ3v) is 4.35. The summed E-state index contributed by atoms with van der Waals surface area (Å²) in [7, 11) is 0. The van der Waals surface area contributed by atoms with Crippen LogP contribution in [0.4, 0.5) is 0 Å². The van der Waals surface area contributed by atoms with Gasteiger partial charge in [-0.3, -0.25) is 14.2 Å². The Morgan fingerprint density at radius 3 is 2.53 bits per heavy atom. The second-order valence-electron chi connectivity index (χ2n) is 7.16. The average molecular weight is 412 g/mol. The van der Waals surface area contributed by atoms with E-state index < -0.39 is 11.2 Å². The van der Waals surface area contributed by atoms with Gasteiger partial charge in [0.1, 0.15) is 0 Å². The summed E-state index contributed by atoms with van der Waals surface area (Å²) in [6.45, 7) is 7.53. The Morgan fingerprint density at radius 2 is 1.90 bits per heavy atom. The smallest absolute Gasteiger partial charge is 0.352 e. The van der Waals surface area contributed by atoms with E-state index in [1.54, 1.807) is 19.1 Å². The van der Waals surface area contributed by atoms with Crippen LogP contribution in [0.2, 0.25) is 0 Å². The van der Waals surface area contributed by atoms with Crippen LogP contribution in [0.5, 0.6) is 0 Å². The summed E-state index contributed by atoms with van der Waals surface area (Å²) in [5, 5.41) is 10.8. The third-order valence-electron chi connectivity index (χ3n) is 4.35. The minimum atomic E-state index is -0.601. The van der Waals surface area contributed by atoms with Crippen molar-refractivity contribution in [3.63, 3.8) is 0 Å². The van der Waals surface area contributed by atoms with Crippen molar-refractivity contribution in [1.82, 2.24) is 29.8 Å². The van der Waals surface area contributed by atoms with Crippen molar-refractivity contribution in [3.8, 4) is 17.2 Å². The molecule has 0 aliphatic heterocycles. The molecule has 1 N–H and O–H groups in total. The molecule has 0 atom stereocenters. The van der Waals surface area contributed by atoms with E-state index in [1.165, 1.54) is 0 Å². The van der Waals surface area contributed by atoms with Crippen LogP contribution in [-0.2, 0) is 17.8 Å². The lowest BCUT2D eigenvalue weighted by Crippen LogP contribution is -2.41. The molecule has 3 rings (SSSR count). The number of amides is 1. The van der Waals surface area contributed by atoms with Gasteiger partial charge in [0.25, 0.3) is 5.56 Å². The summed E-state index contributed by atoms with van der Waals surface area (Å²) in [5.41, 5.74) is 0.293. The number of aromatic nitrogens is 5. The van der Waals surface area contributed by atoms with Gasteiger partial charge in [-0.15, -0.1) is 0 Å². The molecule has 2 heterocycles. The van der Waals surface area contributed by atoms with Crippen LogP contribution in [0, 0.1) is 6.92 Å². The molecule has 0 saturated carbocycles. The van der Waals surface area contributed by atoms with Crippen LogP contribution in [-0.4, -0.2) is 36.4 Å². The van der Waals surface area contributed by atoms with Crippen LogP contribution < -0.4 is 16.6 Å². The first kappa shape index (κ1) is 21.2. The van der Waals surface area contributed by atoms with E-state index >= 15 is 0 Å². The van der Waals surface area contributed by atoms with Gasteiger partial charge < -0.3 is 9.84 Å².